The van der Waals surface area contributed by atoms with Crippen LogP contribution in [0.1, 0.15) is 38.1 Å². The third kappa shape index (κ3) is 4.28. The number of piperazine rings is 1. The predicted molar refractivity (Wildman–Crippen MR) is 92.5 cm³/mol. The summed E-state index contributed by atoms with van der Waals surface area (Å²) in [5.41, 5.74) is 2.24. The van der Waals surface area contributed by atoms with Crippen molar-refractivity contribution in [3.8, 4) is 0 Å². The highest BCUT2D eigenvalue weighted by Crippen LogP contribution is 2.23. The van der Waals surface area contributed by atoms with Gasteiger partial charge in [0.25, 0.3) is 0 Å². The Balaban J connectivity index is 0.00000192. The summed E-state index contributed by atoms with van der Waals surface area (Å²) in [6.07, 6.45) is 5.83. The highest BCUT2D eigenvalue weighted by Gasteiger charge is 2.25. The summed E-state index contributed by atoms with van der Waals surface area (Å²) in [6, 6.07) is 4.48. The predicted octanol–water partition coefficient (Wildman–Crippen LogP) is 2.00. The Morgan fingerprint density at radius 1 is 1.35 bits per heavy atom. The number of pyridine rings is 1. The quantitative estimate of drug-likeness (QED) is 0.929. The van der Waals surface area contributed by atoms with Crippen molar-refractivity contribution in [2.45, 2.75) is 38.9 Å². The van der Waals surface area contributed by atoms with Gasteiger partial charge in [0.15, 0.2) is 0 Å². The number of rotatable bonds is 3. The Kier molecular flexibility index (Phi) is 5.73. The number of aromatic nitrogens is 4. The summed E-state index contributed by atoms with van der Waals surface area (Å²) in [7, 11) is 0. The first-order chi connectivity index (χ1) is 10.5. The van der Waals surface area contributed by atoms with Gasteiger partial charge in [0.1, 0.15) is 0 Å². The third-order valence-electron chi connectivity index (χ3n) is 4.02. The Morgan fingerprint density at radius 3 is 2.83 bits per heavy atom. The van der Waals surface area contributed by atoms with Crippen molar-refractivity contribution < 1.29 is 0 Å². The summed E-state index contributed by atoms with van der Waals surface area (Å²) in [6.45, 7) is 10.2. The molecule has 3 heterocycles. The Bertz CT molecular complexity index is 607. The van der Waals surface area contributed by atoms with E-state index in [4.69, 9.17) is 0 Å². The van der Waals surface area contributed by atoms with Crippen LogP contribution in [0.3, 0.4) is 0 Å². The lowest BCUT2D eigenvalue weighted by Gasteiger charge is -2.35. The van der Waals surface area contributed by atoms with Crippen molar-refractivity contribution >= 4 is 12.4 Å². The van der Waals surface area contributed by atoms with Crippen molar-refractivity contribution in [1.29, 1.82) is 0 Å². The van der Waals surface area contributed by atoms with Crippen molar-refractivity contribution in [2.75, 3.05) is 19.6 Å². The molecule has 1 unspecified atom stereocenters. The fraction of sp³-hybridized carbons (Fsp3) is 0.562. The molecular weight excluding hydrogens is 312 g/mol. The van der Waals surface area contributed by atoms with Gasteiger partial charge in [-0.1, -0.05) is 11.3 Å². The highest BCUT2D eigenvalue weighted by molar-refractivity contribution is 5.85. The molecule has 1 saturated heterocycles. The maximum Gasteiger partial charge on any atom is 0.0967 e. The molecule has 2 aromatic rings. The summed E-state index contributed by atoms with van der Waals surface area (Å²) in [5.74, 6) is 0. The number of hydrogen-bond acceptors (Lipinski definition) is 5. The van der Waals surface area contributed by atoms with E-state index >= 15 is 0 Å². The summed E-state index contributed by atoms with van der Waals surface area (Å²) in [4.78, 5) is 6.70. The molecule has 0 aromatic carbocycles. The van der Waals surface area contributed by atoms with Gasteiger partial charge in [-0.05, 0) is 32.4 Å². The van der Waals surface area contributed by atoms with E-state index in [1.807, 2.05) is 23.1 Å². The monoisotopic (exact) mass is 336 g/mol. The molecule has 1 aliphatic rings. The zero-order valence-electron chi connectivity index (χ0n) is 13.9. The summed E-state index contributed by atoms with van der Waals surface area (Å²) >= 11 is 0. The van der Waals surface area contributed by atoms with Crippen LogP contribution in [0.2, 0.25) is 0 Å². The average Bonchev–Trinajstić information content (AvgIpc) is 2.97. The minimum absolute atomic E-state index is 0. The topological polar surface area (TPSA) is 58.9 Å². The van der Waals surface area contributed by atoms with Crippen LogP contribution in [0.5, 0.6) is 0 Å². The third-order valence-corrected chi connectivity index (χ3v) is 4.02. The van der Waals surface area contributed by atoms with Crippen LogP contribution in [-0.2, 0) is 12.1 Å². The van der Waals surface area contributed by atoms with Gasteiger partial charge < -0.3 is 5.32 Å². The van der Waals surface area contributed by atoms with Crippen molar-refractivity contribution in [3.63, 3.8) is 0 Å². The van der Waals surface area contributed by atoms with Gasteiger partial charge in [0.2, 0.25) is 0 Å². The lowest BCUT2D eigenvalue weighted by atomic mass is 10.1. The van der Waals surface area contributed by atoms with E-state index in [-0.39, 0.29) is 17.9 Å². The molecule has 0 spiro atoms. The normalized spacial score (nSPS) is 19.3. The van der Waals surface area contributed by atoms with Gasteiger partial charge in [0, 0.05) is 44.6 Å². The van der Waals surface area contributed by atoms with E-state index in [0.29, 0.717) is 6.04 Å². The second-order valence-electron chi connectivity index (χ2n) is 6.80. The molecule has 23 heavy (non-hydrogen) atoms. The number of halogens is 1. The van der Waals surface area contributed by atoms with Crippen LogP contribution in [0, 0.1) is 0 Å². The minimum Gasteiger partial charge on any atom is -0.314 e. The fourth-order valence-corrected chi connectivity index (χ4v) is 2.74. The van der Waals surface area contributed by atoms with Crippen molar-refractivity contribution in [2.24, 2.45) is 0 Å². The first-order valence-electron chi connectivity index (χ1n) is 7.80. The maximum absolute atomic E-state index is 4.34. The van der Waals surface area contributed by atoms with E-state index in [0.717, 1.165) is 31.9 Å². The molecule has 1 aliphatic heterocycles. The molecule has 0 amide bonds. The minimum atomic E-state index is -0.0303. The first-order valence-corrected chi connectivity index (χ1v) is 7.80. The van der Waals surface area contributed by atoms with E-state index < -0.39 is 0 Å². The van der Waals surface area contributed by atoms with Crippen LogP contribution >= 0.6 is 12.4 Å². The fourth-order valence-electron chi connectivity index (χ4n) is 2.74. The van der Waals surface area contributed by atoms with Crippen molar-refractivity contribution in [3.05, 3.63) is 42.0 Å². The molecule has 0 saturated carbocycles. The molecule has 0 bridgehead atoms. The number of hydrogen-bond donors (Lipinski definition) is 1. The molecule has 0 radical (unpaired) electrons. The van der Waals surface area contributed by atoms with E-state index in [2.05, 4.69) is 58.5 Å². The van der Waals surface area contributed by atoms with Crippen molar-refractivity contribution in [1.82, 2.24) is 30.2 Å². The smallest absolute Gasteiger partial charge is 0.0967 e. The lowest BCUT2D eigenvalue weighted by Crippen LogP contribution is -2.45. The zero-order valence-corrected chi connectivity index (χ0v) is 14.8. The maximum atomic E-state index is 4.34. The van der Waals surface area contributed by atoms with Gasteiger partial charge in [0.05, 0.1) is 17.4 Å². The SMILES string of the molecule is CC(C)(C)n1cc(CN2CCNCC2c2cccnc2)nn1.Cl. The molecule has 7 heteroatoms. The Hall–Kier alpha value is -1.50. The molecule has 1 fully saturated rings. The molecule has 1 N–H and O–H groups in total. The molecular formula is C16H25ClN6. The molecule has 2 aromatic heterocycles. The van der Waals surface area contributed by atoms with Gasteiger partial charge in [-0.15, -0.1) is 17.5 Å². The van der Waals surface area contributed by atoms with Crippen LogP contribution in [-0.4, -0.2) is 44.5 Å². The molecule has 126 valence electrons. The van der Waals surface area contributed by atoms with Crippen LogP contribution < -0.4 is 5.32 Å². The Labute approximate surface area is 143 Å². The average molecular weight is 337 g/mol. The Morgan fingerprint density at radius 2 is 2.17 bits per heavy atom. The standard InChI is InChI=1S/C16H24N6.ClH/c1-16(2,3)22-12-14(19-20-22)11-21-8-7-18-10-15(21)13-5-4-6-17-9-13;/h4-6,9,12,15,18H,7-8,10-11H2,1-3H3;1H. The van der Waals surface area contributed by atoms with Crippen LogP contribution in [0.25, 0.3) is 0 Å². The molecule has 1 atom stereocenters. The van der Waals surface area contributed by atoms with Gasteiger partial charge in [-0.25, -0.2) is 4.68 Å². The second-order valence-corrected chi connectivity index (χ2v) is 6.80. The molecule has 6 nitrogen and oxygen atoms in total. The number of nitrogens with one attached hydrogen (secondary N) is 1. The second kappa shape index (κ2) is 7.38. The lowest BCUT2D eigenvalue weighted by molar-refractivity contribution is 0.151. The highest BCUT2D eigenvalue weighted by atomic mass is 35.5. The van der Waals surface area contributed by atoms with Gasteiger partial charge >= 0.3 is 0 Å². The van der Waals surface area contributed by atoms with Gasteiger partial charge in [-0.2, -0.15) is 0 Å². The zero-order chi connectivity index (χ0) is 15.6. The number of nitrogens with zero attached hydrogens (tertiary/aromatic N) is 5. The van der Waals surface area contributed by atoms with E-state index in [1.54, 1.807) is 0 Å². The molecule has 0 aliphatic carbocycles. The van der Waals surface area contributed by atoms with Crippen LogP contribution in [0.4, 0.5) is 0 Å². The first kappa shape index (κ1) is 17.8. The summed E-state index contributed by atoms with van der Waals surface area (Å²) in [5, 5.41) is 12.1. The van der Waals surface area contributed by atoms with Crippen LogP contribution in [0.15, 0.2) is 30.7 Å². The van der Waals surface area contributed by atoms with E-state index in [1.165, 1.54) is 5.56 Å². The van der Waals surface area contributed by atoms with E-state index in [9.17, 15) is 0 Å². The molecule has 3 rings (SSSR count). The summed E-state index contributed by atoms with van der Waals surface area (Å²) < 4.78 is 1.93. The largest absolute Gasteiger partial charge is 0.314 e. The van der Waals surface area contributed by atoms with Gasteiger partial charge in [-0.3, -0.25) is 9.88 Å².